The SMILES string of the molecule is O=C(C1CCN(S(=O)(=O)c2cc(F)ccc2F)CC1)N1CCN(Cc2ccccn2)CC1. The van der Waals surface area contributed by atoms with Crippen molar-refractivity contribution in [2.45, 2.75) is 24.3 Å². The average molecular weight is 465 g/mol. The lowest BCUT2D eigenvalue weighted by molar-refractivity contribution is -0.138. The van der Waals surface area contributed by atoms with Crippen LogP contribution in [0.5, 0.6) is 0 Å². The lowest BCUT2D eigenvalue weighted by atomic mass is 9.96. The molecule has 4 rings (SSSR count). The molecule has 32 heavy (non-hydrogen) atoms. The molecule has 1 amide bonds. The van der Waals surface area contributed by atoms with Gasteiger partial charge in [-0.15, -0.1) is 0 Å². The predicted octanol–water partition coefficient (Wildman–Crippen LogP) is 2.10. The second-order valence-corrected chi connectivity index (χ2v) is 10.1. The summed E-state index contributed by atoms with van der Waals surface area (Å²) in [6.07, 6.45) is 2.50. The molecule has 2 aliphatic rings. The number of piperidine rings is 1. The van der Waals surface area contributed by atoms with Crippen LogP contribution in [-0.4, -0.2) is 72.7 Å². The zero-order valence-corrected chi connectivity index (χ0v) is 18.5. The number of carbonyl (C=O) groups is 1. The van der Waals surface area contributed by atoms with Crippen LogP contribution >= 0.6 is 0 Å². The number of aromatic nitrogens is 1. The maximum absolute atomic E-state index is 14.0. The third-order valence-electron chi connectivity index (χ3n) is 6.11. The van der Waals surface area contributed by atoms with Crippen molar-refractivity contribution in [1.82, 2.24) is 19.1 Å². The third-order valence-corrected chi connectivity index (χ3v) is 8.02. The lowest BCUT2D eigenvalue weighted by Gasteiger charge is -2.38. The van der Waals surface area contributed by atoms with Gasteiger partial charge in [-0.25, -0.2) is 17.2 Å². The van der Waals surface area contributed by atoms with E-state index in [-0.39, 0.29) is 24.9 Å². The minimum absolute atomic E-state index is 0.0384. The summed E-state index contributed by atoms with van der Waals surface area (Å²) in [7, 11) is -4.15. The second kappa shape index (κ2) is 9.60. The van der Waals surface area contributed by atoms with E-state index in [1.165, 1.54) is 0 Å². The quantitative estimate of drug-likeness (QED) is 0.678. The van der Waals surface area contributed by atoms with Crippen molar-refractivity contribution in [2.24, 2.45) is 5.92 Å². The van der Waals surface area contributed by atoms with Crippen molar-refractivity contribution in [2.75, 3.05) is 39.3 Å². The van der Waals surface area contributed by atoms with Gasteiger partial charge in [-0.1, -0.05) is 6.07 Å². The number of halogens is 2. The first-order valence-corrected chi connectivity index (χ1v) is 12.1. The number of amides is 1. The fourth-order valence-electron chi connectivity index (χ4n) is 4.26. The van der Waals surface area contributed by atoms with Crippen LogP contribution in [0.3, 0.4) is 0 Å². The molecule has 2 saturated heterocycles. The van der Waals surface area contributed by atoms with Crippen molar-refractivity contribution in [3.05, 3.63) is 59.9 Å². The summed E-state index contributed by atoms with van der Waals surface area (Å²) in [5.41, 5.74) is 0.996. The predicted molar refractivity (Wildman–Crippen MR) is 114 cm³/mol. The standard InChI is InChI=1S/C22H26F2N4O3S/c23-18-4-5-20(24)21(15-18)32(30,31)28-9-6-17(7-10-28)22(29)27-13-11-26(12-14-27)16-19-3-1-2-8-25-19/h1-5,8,15,17H,6-7,9-14,16H2. The Kier molecular flexibility index (Phi) is 6.82. The number of hydrogen-bond donors (Lipinski definition) is 0. The Morgan fingerprint density at radius 2 is 1.72 bits per heavy atom. The molecule has 0 spiro atoms. The van der Waals surface area contributed by atoms with Gasteiger partial charge in [0.15, 0.2) is 0 Å². The molecule has 3 heterocycles. The number of carbonyl (C=O) groups excluding carboxylic acids is 1. The van der Waals surface area contributed by atoms with Crippen LogP contribution in [0.25, 0.3) is 0 Å². The van der Waals surface area contributed by atoms with E-state index in [0.29, 0.717) is 32.0 Å². The molecule has 0 aliphatic carbocycles. The van der Waals surface area contributed by atoms with Gasteiger partial charge in [0.2, 0.25) is 15.9 Å². The molecule has 0 radical (unpaired) electrons. The van der Waals surface area contributed by atoms with Gasteiger partial charge in [-0.3, -0.25) is 14.7 Å². The summed E-state index contributed by atoms with van der Waals surface area (Å²) in [5.74, 6) is -2.01. The highest BCUT2D eigenvalue weighted by molar-refractivity contribution is 7.89. The van der Waals surface area contributed by atoms with E-state index in [0.717, 1.165) is 41.8 Å². The molecule has 7 nitrogen and oxygen atoms in total. The van der Waals surface area contributed by atoms with Crippen molar-refractivity contribution in [3.8, 4) is 0 Å². The molecule has 0 bridgehead atoms. The summed E-state index contributed by atoms with van der Waals surface area (Å²) in [6.45, 7) is 3.72. The molecule has 1 aromatic carbocycles. The smallest absolute Gasteiger partial charge is 0.246 e. The number of nitrogens with zero attached hydrogens (tertiary/aromatic N) is 4. The fourth-order valence-corrected chi connectivity index (χ4v) is 5.81. The van der Waals surface area contributed by atoms with E-state index < -0.39 is 26.6 Å². The van der Waals surface area contributed by atoms with Crippen LogP contribution < -0.4 is 0 Å². The molecule has 0 atom stereocenters. The first-order chi connectivity index (χ1) is 15.3. The summed E-state index contributed by atoms with van der Waals surface area (Å²) in [4.78, 5) is 20.7. The molecule has 0 saturated carbocycles. The topological polar surface area (TPSA) is 73.8 Å². The molecule has 172 valence electrons. The Morgan fingerprint density at radius 1 is 1.00 bits per heavy atom. The highest BCUT2D eigenvalue weighted by Gasteiger charge is 2.35. The number of hydrogen-bond acceptors (Lipinski definition) is 5. The minimum atomic E-state index is -4.15. The fraction of sp³-hybridized carbons (Fsp3) is 0.455. The number of pyridine rings is 1. The van der Waals surface area contributed by atoms with E-state index >= 15 is 0 Å². The highest BCUT2D eigenvalue weighted by Crippen LogP contribution is 2.27. The van der Waals surface area contributed by atoms with Gasteiger partial charge in [-0.2, -0.15) is 4.31 Å². The van der Waals surface area contributed by atoms with Crippen molar-refractivity contribution in [1.29, 1.82) is 0 Å². The zero-order valence-electron chi connectivity index (χ0n) is 17.7. The molecule has 0 N–H and O–H groups in total. The Balaban J connectivity index is 1.30. The average Bonchev–Trinajstić information content (AvgIpc) is 2.81. The number of benzene rings is 1. The summed E-state index contributed by atoms with van der Waals surface area (Å²) in [6, 6.07) is 8.21. The second-order valence-electron chi connectivity index (χ2n) is 8.18. The van der Waals surface area contributed by atoms with Gasteiger partial charge < -0.3 is 4.90 Å². The lowest BCUT2D eigenvalue weighted by Crippen LogP contribution is -2.51. The Labute approximate surface area is 186 Å². The molecule has 2 fully saturated rings. The maximum atomic E-state index is 14.0. The van der Waals surface area contributed by atoms with Crippen molar-refractivity contribution >= 4 is 15.9 Å². The van der Waals surface area contributed by atoms with Crippen LogP contribution in [0, 0.1) is 17.6 Å². The summed E-state index contributed by atoms with van der Waals surface area (Å²) < 4.78 is 54.1. The van der Waals surface area contributed by atoms with Gasteiger partial charge in [-0.05, 0) is 43.2 Å². The number of rotatable bonds is 5. The molecule has 10 heteroatoms. The molecule has 0 unspecified atom stereocenters. The number of piperazine rings is 1. The van der Waals surface area contributed by atoms with Gasteiger partial charge in [0.25, 0.3) is 0 Å². The van der Waals surface area contributed by atoms with E-state index in [2.05, 4.69) is 9.88 Å². The van der Waals surface area contributed by atoms with Gasteiger partial charge in [0.05, 0.1) is 5.69 Å². The largest absolute Gasteiger partial charge is 0.340 e. The van der Waals surface area contributed by atoms with Crippen LogP contribution in [-0.2, 0) is 21.4 Å². The van der Waals surface area contributed by atoms with Crippen LogP contribution in [0.15, 0.2) is 47.5 Å². The third kappa shape index (κ3) is 4.97. The van der Waals surface area contributed by atoms with E-state index in [1.807, 2.05) is 23.1 Å². The van der Waals surface area contributed by atoms with Gasteiger partial charge >= 0.3 is 0 Å². The first-order valence-electron chi connectivity index (χ1n) is 10.7. The van der Waals surface area contributed by atoms with E-state index in [9.17, 15) is 22.0 Å². The molecule has 2 aromatic rings. The van der Waals surface area contributed by atoms with Gasteiger partial charge in [0, 0.05) is 57.9 Å². The van der Waals surface area contributed by atoms with Crippen LogP contribution in [0.4, 0.5) is 8.78 Å². The highest BCUT2D eigenvalue weighted by atomic mass is 32.2. The molecule has 1 aromatic heterocycles. The first kappa shape index (κ1) is 22.8. The minimum Gasteiger partial charge on any atom is -0.340 e. The summed E-state index contributed by atoms with van der Waals surface area (Å²) in [5, 5.41) is 0. The van der Waals surface area contributed by atoms with Crippen molar-refractivity contribution < 1.29 is 22.0 Å². The monoisotopic (exact) mass is 464 g/mol. The Hall–Kier alpha value is -2.43. The van der Waals surface area contributed by atoms with Crippen LogP contribution in [0.1, 0.15) is 18.5 Å². The van der Waals surface area contributed by atoms with Gasteiger partial charge in [0.1, 0.15) is 16.5 Å². The summed E-state index contributed by atoms with van der Waals surface area (Å²) >= 11 is 0. The van der Waals surface area contributed by atoms with E-state index in [1.54, 1.807) is 6.20 Å². The number of sulfonamides is 1. The Morgan fingerprint density at radius 3 is 2.38 bits per heavy atom. The van der Waals surface area contributed by atoms with Crippen molar-refractivity contribution in [3.63, 3.8) is 0 Å². The maximum Gasteiger partial charge on any atom is 0.246 e. The van der Waals surface area contributed by atoms with E-state index in [4.69, 9.17) is 0 Å². The van der Waals surface area contributed by atoms with Crippen LogP contribution in [0.2, 0.25) is 0 Å². The normalized spacial score (nSPS) is 19.2. The zero-order chi connectivity index (χ0) is 22.7. The molecular weight excluding hydrogens is 438 g/mol. The molecular formula is C22H26F2N4O3S. The molecule has 2 aliphatic heterocycles. The Bertz CT molecular complexity index is 1050.